The van der Waals surface area contributed by atoms with E-state index < -0.39 is 0 Å². The summed E-state index contributed by atoms with van der Waals surface area (Å²) in [6, 6.07) is 9.19. The minimum Gasteiger partial charge on any atom is -0.312 e. The number of aryl methyl sites for hydroxylation is 1. The molecule has 2 unspecified atom stereocenters. The summed E-state index contributed by atoms with van der Waals surface area (Å²) < 4.78 is 0. The molecule has 0 aromatic heterocycles. The summed E-state index contributed by atoms with van der Waals surface area (Å²) in [6.45, 7) is 10.1. The van der Waals surface area contributed by atoms with Crippen LogP contribution in [0.3, 0.4) is 0 Å². The van der Waals surface area contributed by atoms with Gasteiger partial charge in [-0.3, -0.25) is 0 Å². The van der Waals surface area contributed by atoms with Crippen LogP contribution in [0.15, 0.2) is 24.3 Å². The molecule has 1 aromatic rings. The van der Waals surface area contributed by atoms with E-state index in [1.165, 1.54) is 11.1 Å². The molecular weight excluding hydrogens is 232 g/mol. The lowest BCUT2D eigenvalue weighted by molar-refractivity contribution is 0.113. The predicted molar refractivity (Wildman–Crippen MR) is 84.7 cm³/mol. The lowest BCUT2D eigenvalue weighted by Crippen LogP contribution is -2.57. The van der Waals surface area contributed by atoms with Crippen LogP contribution in [0.1, 0.15) is 38.3 Å². The molecule has 108 valence electrons. The van der Waals surface area contributed by atoms with E-state index in [4.69, 9.17) is 0 Å². The second-order valence-corrected chi connectivity index (χ2v) is 5.85. The van der Waals surface area contributed by atoms with E-state index in [9.17, 15) is 0 Å². The van der Waals surface area contributed by atoms with Gasteiger partial charge < -0.3 is 10.2 Å². The molecule has 0 aliphatic rings. The van der Waals surface area contributed by atoms with Gasteiger partial charge in [0.15, 0.2) is 0 Å². The maximum Gasteiger partial charge on any atom is 0.0328 e. The Morgan fingerprint density at radius 3 is 2.32 bits per heavy atom. The molecule has 2 atom stereocenters. The third kappa shape index (κ3) is 3.80. The minimum atomic E-state index is 0.179. The molecule has 0 heterocycles. The first-order chi connectivity index (χ1) is 8.95. The number of likely N-dealkylation sites (N-methyl/N-ethyl adjacent to an activating group) is 2. The van der Waals surface area contributed by atoms with Crippen LogP contribution < -0.4 is 5.32 Å². The largest absolute Gasteiger partial charge is 0.312 e. The Balaban J connectivity index is 2.98. The molecule has 1 N–H and O–H groups in total. The van der Waals surface area contributed by atoms with Crippen molar-refractivity contribution in [3.63, 3.8) is 0 Å². The molecule has 0 aliphatic carbocycles. The van der Waals surface area contributed by atoms with Crippen LogP contribution in [0.5, 0.6) is 0 Å². The molecule has 0 fully saturated rings. The van der Waals surface area contributed by atoms with Crippen LogP contribution in [0, 0.1) is 6.92 Å². The fourth-order valence-corrected chi connectivity index (χ4v) is 2.69. The van der Waals surface area contributed by atoms with Gasteiger partial charge in [-0.25, -0.2) is 0 Å². The van der Waals surface area contributed by atoms with Crippen LogP contribution in [0.4, 0.5) is 0 Å². The van der Waals surface area contributed by atoms with E-state index in [2.05, 4.69) is 76.3 Å². The van der Waals surface area contributed by atoms with Crippen molar-refractivity contribution in [3.05, 3.63) is 35.4 Å². The maximum absolute atomic E-state index is 3.69. The number of nitrogens with one attached hydrogen (secondary N) is 1. The van der Waals surface area contributed by atoms with Gasteiger partial charge in [-0.05, 0) is 58.5 Å². The van der Waals surface area contributed by atoms with E-state index in [-0.39, 0.29) is 5.54 Å². The van der Waals surface area contributed by atoms with Crippen LogP contribution in [-0.4, -0.2) is 37.1 Å². The first-order valence-electron chi connectivity index (χ1n) is 7.41. The monoisotopic (exact) mass is 262 g/mol. The third-order valence-electron chi connectivity index (χ3n) is 4.62. The average molecular weight is 262 g/mol. The quantitative estimate of drug-likeness (QED) is 0.811. The number of benzene rings is 1. The molecule has 0 spiro atoms. The van der Waals surface area contributed by atoms with Crippen molar-refractivity contribution in [3.8, 4) is 0 Å². The molecule has 0 saturated carbocycles. The molecule has 0 aliphatic heterocycles. The first-order valence-corrected chi connectivity index (χ1v) is 7.41. The van der Waals surface area contributed by atoms with Gasteiger partial charge in [0.25, 0.3) is 0 Å². The highest BCUT2D eigenvalue weighted by atomic mass is 15.2. The van der Waals surface area contributed by atoms with E-state index in [1.807, 2.05) is 0 Å². The molecule has 0 saturated heterocycles. The van der Waals surface area contributed by atoms with Crippen molar-refractivity contribution in [1.82, 2.24) is 10.2 Å². The molecule has 2 nitrogen and oxygen atoms in total. The normalized spacial score (nSPS) is 16.4. The molecule has 19 heavy (non-hydrogen) atoms. The molecule has 0 radical (unpaired) electrons. The first kappa shape index (κ1) is 16.2. The average Bonchev–Trinajstić information content (AvgIpc) is 2.39. The lowest BCUT2D eigenvalue weighted by Gasteiger charge is -2.43. The van der Waals surface area contributed by atoms with Crippen molar-refractivity contribution in [2.75, 3.05) is 20.6 Å². The van der Waals surface area contributed by atoms with Crippen molar-refractivity contribution in [2.24, 2.45) is 0 Å². The summed E-state index contributed by atoms with van der Waals surface area (Å²) in [5.41, 5.74) is 3.02. The smallest absolute Gasteiger partial charge is 0.0328 e. The fraction of sp³-hybridized carbons (Fsp3) is 0.647. The van der Waals surface area contributed by atoms with Gasteiger partial charge in [-0.15, -0.1) is 0 Å². The minimum absolute atomic E-state index is 0.179. The topological polar surface area (TPSA) is 15.3 Å². The number of hydrogen-bond acceptors (Lipinski definition) is 2. The third-order valence-corrected chi connectivity index (χ3v) is 4.62. The highest BCUT2D eigenvalue weighted by Crippen LogP contribution is 2.24. The van der Waals surface area contributed by atoms with Crippen LogP contribution in [-0.2, 0) is 6.42 Å². The Bertz CT molecular complexity index is 387. The summed E-state index contributed by atoms with van der Waals surface area (Å²) in [6.07, 6.45) is 2.23. The summed E-state index contributed by atoms with van der Waals surface area (Å²) >= 11 is 0. The Morgan fingerprint density at radius 1 is 1.21 bits per heavy atom. The van der Waals surface area contributed by atoms with Gasteiger partial charge in [-0.1, -0.05) is 38.1 Å². The van der Waals surface area contributed by atoms with Crippen LogP contribution in [0.25, 0.3) is 0 Å². The summed E-state index contributed by atoms with van der Waals surface area (Å²) in [7, 11) is 4.37. The van der Waals surface area contributed by atoms with E-state index in [0.29, 0.717) is 6.04 Å². The molecule has 2 heteroatoms. The number of rotatable bonds is 7. The SMILES string of the molecule is CCNC(Cc1ccccc1C)C(C)(CC)N(C)C. The van der Waals surface area contributed by atoms with Crippen molar-refractivity contribution >= 4 is 0 Å². The highest BCUT2D eigenvalue weighted by molar-refractivity contribution is 5.27. The lowest BCUT2D eigenvalue weighted by atomic mass is 9.83. The molecule has 0 amide bonds. The van der Waals surface area contributed by atoms with Crippen molar-refractivity contribution in [2.45, 2.75) is 52.1 Å². The second-order valence-electron chi connectivity index (χ2n) is 5.85. The van der Waals surface area contributed by atoms with Gasteiger partial charge >= 0.3 is 0 Å². The van der Waals surface area contributed by atoms with Crippen molar-refractivity contribution < 1.29 is 0 Å². The van der Waals surface area contributed by atoms with E-state index in [0.717, 1.165) is 19.4 Å². The predicted octanol–water partition coefficient (Wildman–Crippen LogP) is 3.25. The fourth-order valence-electron chi connectivity index (χ4n) is 2.69. The standard InChI is InChI=1S/C17H30N2/c1-7-17(4,19(5)6)16(18-8-2)13-15-12-10-9-11-14(15)3/h9-12,16,18H,7-8,13H2,1-6H3. The number of hydrogen-bond donors (Lipinski definition) is 1. The maximum atomic E-state index is 3.69. The summed E-state index contributed by atoms with van der Waals surface area (Å²) in [4.78, 5) is 2.36. The van der Waals surface area contributed by atoms with Gasteiger partial charge in [0.05, 0.1) is 0 Å². The molecule has 1 rings (SSSR count). The highest BCUT2D eigenvalue weighted by Gasteiger charge is 2.34. The summed E-state index contributed by atoms with van der Waals surface area (Å²) in [5.74, 6) is 0. The zero-order chi connectivity index (χ0) is 14.5. The van der Waals surface area contributed by atoms with Crippen LogP contribution in [0.2, 0.25) is 0 Å². The molecule has 1 aromatic carbocycles. The van der Waals surface area contributed by atoms with Gasteiger partial charge in [0, 0.05) is 11.6 Å². The van der Waals surface area contributed by atoms with Crippen LogP contribution >= 0.6 is 0 Å². The van der Waals surface area contributed by atoms with Gasteiger partial charge in [0.2, 0.25) is 0 Å². The molecular formula is C17H30N2. The number of nitrogens with zero attached hydrogens (tertiary/aromatic N) is 1. The summed E-state index contributed by atoms with van der Waals surface area (Å²) in [5, 5.41) is 3.69. The van der Waals surface area contributed by atoms with E-state index >= 15 is 0 Å². The Hall–Kier alpha value is -0.860. The van der Waals surface area contributed by atoms with Gasteiger partial charge in [-0.2, -0.15) is 0 Å². The Kier molecular flexibility index (Phi) is 6.02. The van der Waals surface area contributed by atoms with Crippen molar-refractivity contribution in [1.29, 1.82) is 0 Å². The molecule has 0 bridgehead atoms. The van der Waals surface area contributed by atoms with Gasteiger partial charge in [0.1, 0.15) is 0 Å². The van der Waals surface area contributed by atoms with E-state index in [1.54, 1.807) is 0 Å². The second kappa shape index (κ2) is 7.06. The zero-order valence-electron chi connectivity index (χ0n) is 13.5. The zero-order valence-corrected chi connectivity index (χ0v) is 13.5. The Labute approximate surface area is 119 Å². The Morgan fingerprint density at radius 2 is 1.84 bits per heavy atom.